The van der Waals surface area contributed by atoms with Crippen LogP contribution in [0.25, 0.3) is 0 Å². The lowest BCUT2D eigenvalue weighted by Crippen LogP contribution is -2.31. The molecule has 3 nitrogen and oxygen atoms in total. The van der Waals surface area contributed by atoms with Crippen LogP contribution in [0.1, 0.15) is 44.2 Å². The van der Waals surface area contributed by atoms with Crippen LogP contribution in [0.2, 0.25) is 0 Å². The number of nitrogens with one attached hydrogen (secondary N) is 1. The van der Waals surface area contributed by atoms with Gasteiger partial charge in [0.15, 0.2) is 0 Å². The van der Waals surface area contributed by atoms with E-state index in [1.165, 1.54) is 50.0 Å². The molecule has 0 amide bonds. The molecular formula is C18H29N3. The number of hydrogen-bond donors (Lipinski definition) is 2. The molecule has 1 aromatic carbocycles. The van der Waals surface area contributed by atoms with E-state index in [1.807, 2.05) is 0 Å². The third kappa shape index (κ3) is 4.57. The zero-order valence-electron chi connectivity index (χ0n) is 13.5. The van der Waals surface area contributed by atoms with E-state index in [1.54, 1.807) is 0 Å². The molecule has 2 rings (SSSR count). The van der Waals surface area contributed by atoms with E-state index in [2.05, 4.69) is 43.0 Å². The summed E-state index contributed by atoms with van der Waals surface area (Å²) in [6, 6.07) is 8.85. The van der Waals surface area contributed by atoms with Crippen LogP contribution in [-0.4, -0.2) is 30.4 Å². The van der Waals surface area contributed by atoms with Gasteiger partial charge in [0.2, 0.25) is 0 Å². The quantitative estimate of drug-likeness (QED) is 0.479. The fourth-order valence-electron chi connectivity index (χ4n) is 2.97. The van der Waals surface area contributed by atoms with Gasteiger partial charge in [-0.2, -0.15) is 0 Å². The SMILES string of the molecule is CC(C)(CCCCN1CCc2ccccc2CC1)C(=N)N. The molecule has 1 aromatic rings. The van der Waals surface area contributed by atoms with Crippen LogP contribution in [0.5, 0.6) is 0 Å². The molecule has 3 heteroatoms. The molecule has 0 atom stereocenters. The number of fused-ring (bicyclic) bond motifs is 1. The second-order valence-electron chi connectivity index (χ2n) is 6.87. The summed E-state index contributed by atoms with van der Waals surface area (Å²) >= 11 is 0. The first kappa shape index (κ1) is 16.0. The van der Waals surface area contributed by atoms with Crippen molar-refractivity contribution < 1.29 is 0 Å². The van der Waals surface area contributed by atoms with Crippen molar-refractivity contribution in [2.24, 2.45) is 11.1 Å². The van der Waals surface area contributed by atoms with Crippen LogP contribution in [0, 0.1) is 10.8 Å². The Balaban J connectivity index is 1.73. The summed E-state index contributed by atoms with van der Waals surface area (Å²) in [6.45, 7) is 7.65. The maximum atomic E-state index is 7.60. The van der Waals surface area contributed by atoms with Crippen molar-refractivity contribution in [3.8, 4) is 0 Å². The Morgan fingerprint density at radius 1 is 1.14 bits per heavy atom. The molecule has 0 bridgehead atoms. The van der Waals surface area contributed by atoms with E-state index >= 15 is 0 Å². The molecule has 0 fully saturated rings. The van der Waals surface area contributed by atoms with Crippen molar-refractivity contribution in [3.05, 3.63) is 35.4 Å². The van der Waals surface area contributed by atoms with Gasteiger partial charge in [0.05, 0.1) is 5.84 Å². The van der Waals surface area contributed by atoms with Crippen LogP contribution < -0.4 is 5.73 Å². The summed E-state index contributed by atoms with van der Waals surface area (Å²) in [5, 5.41) is 7.60. The number of unbranched alkanes of at least 4 members (excludes halogenated alkanes) is 1. The largest absolute Gasteiger partial charge is 0.387 e. The van der Waals surface area contributed by atoms with Gasteiger partial charge in [-0.15, -0.1) is 0 Å². The van der Waals surface area contributed by atoms with Gasteiger partial charge in [-0.3, -0.25) is 5.41 Å². The molecule has 0 saturated carbocycles. The van der Waals surface area contributed by atoms with Gasteiger partial charge in [0.25, 0.3) is 0 Å². The second-order valence-corrected chi connectivity index (χ2v) is 6.87. The molecule has 0 saturated heterocycles. The first-order chi connectivity index (χ1) is 9.99. The third-order valence-electron chi connectivity index (χ3n) is 4.77. The van der Waals surface area contributed by atoms with Crippen molar-refractivity contribution in [1.29, 1.82) is 5.41 Å². The minimum absolute atomic E-state index is 0.144. The smallest absolute Gasteiger partial charge is 0.0963 e. The highest BCUT2D eigenvalue weighted by atomic mass is 15.1. The van der Waals surface area contributed by atoms with Gasteiger partial charge >= 0.3 is 0 Å². The van der Waals surface area contributed by atoms with Crippen molar-refractivity contribution in [1.82, 2.24) is 4.90 Å². The van der Waals surface area contributed by atoms with E-state index in [0.29, 0.717) is 5.84 Å². The minimum atomic E-state index is -0.144. The Morgan fingerprint density at radius 3 is 2.24 bits per heavy atom. The standard InChI is InChI=1S/C18H29N3/c1-18(2,17(19)20)11-5-6-12-21-13-9-15-7-3-4-8-16(15)10-14-21/h3-4,7-8H,5-6,9-14H2,1-2H3,(H3,19,20). The van der Waals surface area contributed by atoms with Crippen molar-refractivity contribution in [2.45, 2.75) is 46.0 Å². The number of benzene rings is 1. The first-order valence-corrected chi connectivity index (χ1v) is 8.13. The van der Waals surface area contributed by atoms with E-state index in [4.69, 9.17) is 11.1 Å². The Morgan fingerprint density at radius 2 is 1.71 bits per heavy atom. The Hall–Kier alpha value is -1.35. The summed E-state index contributed by atoms with van der Waals surface area (Å²) in [6.07, 6.45) is 5.71. The predicted molar refractivity (Wildman–Crippen MR) is 89.8 cm³/mol. The van der Waals surface area contributed by atoms with Crippen LogP contribution in [0.4, 0.5) is 0 Å². The summed E-state index contributed by atoms with van der Waals surface area (Å²) in [7, 11) is 0. The lowest BCUT2D eigenvalue weighted by Gasteiger charge is -2.24. The van der Waals surface area contributed by atoms with Crippen LogP contribution in [0.3, 0.4) is 0 Å². The maximum Gasteiger partial charge on any atom is 0.0963 e. The molecule has 116 valence electrons. The number of rotatable bonds is 6. The summed E-state index contributed by atoms with van der Waals surface area (Å²) < 4.78 is 0. The van der Waals surface area contributed by atoms with Gasteiger partial charge in [-0.1, -0.05) is 44.5 Å². The topological polar surface area (TPSA) is 53.1 Å². The number of hydrogen-bond acceptors (Lipinski definition) is 2. The molecule has 0 aliphatic carbocycles. The van der Waals surface area contributed by atoms with Gasteiger partial charge < -0.3 is 10.6 Å². The average molecular weight is 287 g/mol. The fraction of sp³-hybridized carbons (Fsp3) is 0.611. The lowest BCUT2D eigenvalue weighted by atomic mass is 9.86. The predicted octanol–water partition coefficient (Wildman–Crippen LogP) is 3.22. The molecule has 1 aliphatic heterocycles. The van der Waals surface area contributed by atoms with Crippen LogP contribution in [-0.2, 0) is 12.8 Å². The summed E-state index contributed by atoms with van der Waals surface area (Å²) in [5.41, 5.74) is 8.54. The first-order valence-electron chi connectivity index (χ1n) is 8.13. The van der Waals surface area contributed by atoms with Crippen LogP contribution in [0.15, 0.2) is 24.3 Å². The molecule has 1 heterocycles. The van der Waals surface area contributed by atoms with E-state index in [-0.39, 0.29) is 5.41 Å². The average Bonchev–Trinajstić information content (AvgIpc) is 2.66. The maximum absolute atomic E-state index is 7.60. The minimum Gasteiger partial charge on any atom is -0.387 e. The molecule has 0 unspecified atom stereocenters. The van der Waals surface area contributed by atoms with E-state index < -0.39 is 0 Å². The van der Waals surface area contributed by atoms with Crippen molar-refractivity contribution >= 4 is 5.84 Å². The second kappa shape index (κ2) is 7.08. The number of amidine groups is 1. The van der Waals surface area contributed by atoms with Gasteiger partial charge in [0, 0.05) is 18.5 Å². The number of nitrogens with two attached hydrogens (primary N) is 1. The zero-order valence-corrected chi connectivity index (χ0v) is 13.5. The normalized spacial score (nSPS) is 16.3. The van der Waals surface area contributed by atoms with Crippen molar-refractivity contribution in [2.75, 3.05) is 19.6 Å². The summed E-state index contributed by atoms with van der Waals surface area (Å²) in [5.74, 6) is 0.313. The molecule has 0 aromatic heterocycles. The van der Waals surface area contributed by atoms with Gasteiger partial charge in [-0.25, -0.2) is 0 Å². The van der Waals surface area contributed by atoms with E-state index in [0.717, 1.165) is 12.8 Å². The molecule has 3 N–H and O–H groups in total. The van der Waals surface area contributed by atoms with Gasteiger partial charge in [0.1, 0.15) is 0 Å². The molecule has 1 aliphatic rings. The monoisotopic (exact) mass is 287 g/mol. The zero-order chi connectivity index (χ0) is 15.3. The summed E-state index contributed by atoms with van der Waals surface area (Å²) in [4.78, 5) is 2.58. The highest BCUT2D eigenvalue weighted by Gasteiger charge is 2.21. The van der Waals surface area contributed by atoms with Crippen LogP contribution >= 0.6 is 0 Å². The van der Waals surface area contributed by atoms with Gasteiger partial charge in [-0.05, 0) is 43.4 Å². The molecular weight excluding hydrogens is 258 g/mol. The Bertz CT molecular complexity index is 452. The molecule has 0 radical (unpaired) electrons. The molecule has 21 heavy (non-hydrogen) atoms. The Kier molecular flexibility index (Phi) is 5.40. The number of nitrogens with zero attached hydrogens (tertiary/aromatic N) is 1. The Labute approximate surface area is 129 Å². The fourth-order valence-corrected chi connectivity index (χ4v) is 2.97. The highest BCUT2D eigenvalue weighted by Crippen LogP contribution is 2.23. The molecule has 0 spiro atoms. The lowest BCUT2D eigenvalue weighted by molar-refractivity contribution is 0.275. The van der Waals surface area contributed by atoms with Crippen molar-refractivity contribution in [3.63, 3.8) is 0 Å². The highest BCUT2D eigenvalue weighted by molar-refractivity contribution is 5.82. The third-order valence-corrected chi connectivity index (χ3v) is 4.77. The van der Waals surface area contributed by atoms with E-state index in [9.17, 15) is 0 Å².